The number of sulfonamides is 1. The van der Waals surface area contributed by atoms with Gasteiger partial charge in [0, 0.05) is 18.1 Å². The smallest absolute Gasteiger partial charge is 0.231 e. The first-order chi connectivity index (χ1) is 13.8. The average molecular weight is 435 g/mol. The van der Waals surface area contributed by atoms with E-state index in [1.807, 2.05) is 49.4 Å². The number of hydrogen-bond donors (Lipinski definition) is 1. The number of carbonyl (C=O) groups excluding carboxylic acids is 1. The molecule has 2 aromatic rings. The third-order valence-corrected chi connectivity index (χ3v) is 7.95. The lowest BCUT2D eigenvalue weighted by Crippen LogP contribution is -2.53. The minimum Gasteiger partial charge on any atom is -0.349 e. The van der Waals surface area contributed by atoms with E-state index in [-0.39, 0.29) is 17.7 Å². The maximum absolute atomic E-state index is 13.5. The molecular formula is C22H27ClN2O3S. The number of amides is 1. The highest BCUT2D eigenvalue weighted by Crippen LogP contribution is 2.37. The first-order valence-corrected chi connectivity index (χ1v) is 11.9. The van der Waals surface area contributed by atoms with Gasteiger partial charge in [-0.25, -0.2) is 12.7 Å². The summed E-state index contributed by atoms with van der Waals surface area (Å²) in [5.41, 5.74) is 1.15. The summed E-state index contributed by atoms with van der Waals surface area (Å²) in [7, 11) is -3.26. The summed E-state index contributed by atoms with van der Waals surface area (Å²) in [6.07, 6.45) is 0.908. The van der Waals surface area contributed by atoms with Gasteiger partial charge in [0.2, 0.25) is 15.9 Å². The van der Waals surface area contributed by atoms with Gasteiger partial charge in [-0.3, -0.25) is 4.79 Å². The van der Waals surface area contributed by atoms with E-state index < -0.39 is 15.4 Å². The Morgan fingerprint density at radius 1 is 1.10 bits per heavy atom. The van der Waals surface area contributed by atoms with Crippen LogP contribution in [-0.2, 0) is 20.2 Å². The largest absolute Gasteiger partial charge is 0.349 e. The van der Waals surface area contributed by atoms with Crippen molar-refractivity contribution in [3.63, 3.8) is 0 Å². The van der Waals surface area contributed by atoms with Crippen molar-refractivity contribution in [2.75, 3.05) is 18.8 Å². The Bertz CT molecular complexity index is 938. The SMILES string of the molecule is CCS(=O)(=O)N1CCC(C(=O)NC(C)c2ccc(Cl)cc2)(c2ccccc2)CC1. The average Bonchev–Trinajstić information content (AvgIpc) is 2.74. The van der Waals surface area contributed by atoms with Crippen LogP contribution in [0.2, 0.25) is 5.02 Å². The van der Waals surface area contributed by atoms with Crippen LogP contribution in [0.15, 0.2) is 54.6 Å². The molecule has 1 saturated heterocycles. The molecule has 1 fully saturated rings. The van der Waals surface area contributed by atoms with Crippen LogP contribution < -0.4 is 5.32 Å². The molecule has 1 aliphatic rings. The van der Waals surface area contributed by atoms with Crippen molar-refractivity contribution in [1.82, 2.24) is 9.62 Å². The highest BCUT2D eigenvalue weighted by Gasteiger charge is 2.44. The first-order valence-electron chi connectivity index (χ1n) is 9.88. The number of carbonyl (C=O) groups is 1. The molecule has 1 heterocycles. The second kappa shape index (κ2) is 8.86. The summed E-state index contributed by atoms with van der Waals surface area (Å²) < 4.78 is 26.1. The van der Waals surface area contributed by atoms with Gasteiger partial charge < -0.3 is 5.32 Å². The predicted octanol–water partition coefficient (Wildman–Crippen LogP) is 3.90. The molecular weight excluding hydrogens is 408 g/mol. The van der Waals surface area contributed by atoms with Crippen LogP contribution in [0.4, 0.5) is 0 Å². The monoisotopic (exact) mass is 434 g/mol. The van der Waals surface area contributed by atoms with Gasteiger partial charge in [0.25, 0.3) is 0 Å². The molecule has 1 atom stereocenters. The Labute approximate surface area is 178 Å². The number of nitrogens with zero attached hydrogens (tertiary/aromatic N) is 1. The standard InChI is InChI=1S/C22H27ClN2O3S/c1-3-29(27,28)25-15-13-22(14-16-25,19-7-5-4-6-8-19)21(26)24-17(2)18-9-11-20(23)12-10-18/h4-12,17H,3,13-16H2,1-2H3,(H,24,26). The Hall–Kier alpha value is -1.89. The lowest BCUT2D eigenvalue weighted by atomic mass is 9.72. The lowest BCUT2D eigenvalue weighted by Gasteiger charge is -2.41. The molecule has 1 N–H and O–H groups in total. The molecule has 29 heavy (non-hydrogen) atoms. The van der Waals surface area contributed by atoms with Crippen LogP contribution in [0.3, 0.4) is 0 Å². The van der Waals surface area contributed by atoms with Crippen LogP contribution in [0.5, 0.6) is 0 Å². The molecule has 0 saturated carbocycles. The van der Waals surface area contributed by atoms with E-state index in [0.29, 0.717) is 31.0 Å². The normalized spacial score (nSPS) is 18.2. The van der Waals surface area contributed by atoms with E-state index >= 15 is 0 Å². The van der Waals surface area contributed by atoms with Crippen molar-refractivity contribution in [3.05, 3.63) is 70.7 Å². The second-order valence-electron chi connectivity index (χ2n) is 7.49. The van der Waals surface area contributed by atoms with E-state index in [1.54, 1.807) is 19.1 Å². The van der Waals surface area contributed by atoms with Crippen molar-refractivity contribution in [2.45, 2.75) is 38.1 Å². The fraction of sp³-hybridized carbons (Fsp3) is 0.409. The van der Waals surface area contributed by atoms with Crippen LogP contribution in [0.1, 0.15) is 43.9 Å². The zero-order valence-corrected chi connectivity index (χ0v) is 18.3. The predicted molar refractivity (Wildman–Crippen MR) is 116 cm³/mol. The highest BCUT2D eigenvalue weighted by atomic mass is 35.5. The summed E-state index contributed by atoms with van der Waals surface area (Å²) >= 11 is 5.97. The van der Waals surface area contributed by atoms with E-state index in [2.05, 4.69) is 5.32 Å². The third kappa shape index (κ3) is 4.65. The van der Waals surface area contributed by atoms with Crippen LogP contribution >= 0.6 is 11.6 Å². The van der Waals surface area contributed by atoms with Crippen LogP contribution in [-0.4, -0.2) is 37.5 Å². The van der Waals surface area contributed by atoms with Gasteiger partial charge in [-0.1, -0.05) is 54.1 Å². The fourth-order valence-corrected chi connectivity index (χ4v) is 5.13. The molecule has 0 spiro atoms. The van der Waals surface area contributed by atoms with Gasteiger partial charge in [-0.05, 0) is 49.9 Å². The van der Waals surface area contributed by atoms with Gasteiger partial charge in [0.15, 0.2) is 0 Å². The van der Waals surface area contributed by atoms with Crippen LogP contribution in [0.25, 0.3) is 0 Å². The molecule has 2 aromatic carbocycles. The molecule has 0 aromatic heterocycles. The number of halogens is 1. The molecule has 0 bridgehead atoms. The van der Waals surface area contributed by atoms with Crippen molar-refractivity contribution in [1.29, 1.82) is 0 Å². The molecule has 7 heteroatoms. The van der Waals surface area contributed by atoms with E-state index in [4.69, 9.17) is 11.6 Å². The van der Waals surface area contributed by atoms with Gasteiger partial charge in [-0.2, -0.15) is 0 Å². The number of rotatable bonds is 6. The van der Waals surface area contributed by atoms with Crippen molar-refractivity contribution >= 4 is 27.5 Å². The molecule has 0 radical (unpaired) electrons. The lowest BCUT2D eigenvalue weighted by molar-refractivity contribution is -0.129. The highest BCUT2D eigenvalue weighted by molar-refractivity contribution is 7.89. The second-order valence-corrected chi connectivity index (χ2v) is 10.2. The summed E-state index contributed by atoms with van der Waals surface area (Å²) in [6.45, 7) is 4.27. The zero-order valence-electron chi connectivity index (χ0n) is 16.8. The third-order valence-electron chi connectivity index (χ3n) is 5.81. The minimum absolute atomic E-state index is 0.0697. The van der Waals surface area contributed by atoms with Gasteiger partial charge in [0.1, 0.15) is 0 Å². The molecule has 0 aliphatic carbocycles. The molecule has 3 rings (SSSR count). The van der Waals surface area contributed by atoms with Crippen molar-refractivity contribution < 1.29 is 13.2 Å². The molecule has 5 nitrogen and oxygen atoms in total. The summed E-state index contributed by atoms with van der Waals surface area (Å²) in [4.78, 5) is 13.5. The maximum atomic E-state index is 13.5. The zero-order chi connectivity index (χ0) is 21.1. The summed E-state index contributed by atoms with van der Waals surface area (Å²) in [6, 6.07) is 16.9. The molecule has 1 aliphatic heterocycles. The first kappa shape index (κ1) is 21.8. The fourth-order valence-electron chi connectivity index (χ4n) is 3.90. The molecule has 1 unspecified atom stereocenters. The molecule has 156 valence electrons. The summed E-state index contributed by atoms with van der Waals surface area (Å²) in [5.74, 6) is 0.00481. The molecule has 1 amide bonds. The van der Waals surface area contributed by atoms with E-state index in [9.17, 15) is 13.2 Å². The van der Waals surface area contributed by atoms with Crippen molar-refractivity contribution in [2.24, 2.45) is 0 Å². The van der Waals surface area contributed by atoms with Crippen LogP contribution in [0, 0.1) is 0 Å². The Morgan fingerprint density at radius 3 is 2.24 bits per heavy atom. The minimum atomic E-state index is -3.26. The number of hydrogen-bond acceptors (Lipinski definition) is 3. The van der Waals surface area contributed by atoms with E-state index in [0.717, 1.165) is 11.1 Å². The number of benzene rings is 2. The quantitative estimate of drug-likeness (QED) is 0.749. The topological polar surface area (TPSA) is 66.5 Å². The Morgan fingerprint density at radius 2 is 1.69 bits per heavy atom. The Kier molecular flexibility index (Phi) is 6.66. The Balaban J connectivity index is 1.85. The van der Waals surface area contributed by atoms with Gasteiger partial charge in [-0.15, -0.1) is 0 Å². The van der Waals surface area contributed by atoms with Crippen molar-refractivity contribution in [3.8, 4) is 0 Å². The summed E-state index contributed by atoms with van der Waals surface area (Å²) in [5, 5.41) is 3.79. The van der Waals surface area contributed by atoms with E-state index in [1.165, 1.54) is 4.31 Å². The maximum Gasteiger partial charge on any atom is 0.231 e. The van der Waals surface area contributed by atoms with Gasteiger partial charge >= 0.3 is 0 Å². The number of nitrogens with one attached hydrogen (secondary N) is 1. The number of piperidine rings is 1. The van der Waals surface area contributed by atoms with Gasteiger partial charge in [0.05, 0.1) is 17.2 Å².